The Kier molecular flexibility index (Phi) is 5.64. The van der Waals surface area contributed by atoms with E-state index in [-0.39, 0.29) is 0 Å². The zero-order valence-electron chi connectivity index (χ0n) is 14.3. The predicted octanol–water partition coefficient (Wildman–Crippen LogP) is 5.69. The lowest BCUT2D eigenvalue weighted by Crippen LogP contribution is -2.13. The van der Waals surface area contributed by atoms with Crippen molar-refractivity contribution in [3.63, 3.8) is 0 Å². The molecule has 124 valence electrons. The molecule has 1 aromatic heterocycles. The van der Waals surface area contributed by atoms with Crippen LogP contribution < -0.4 is 0 Å². The van der Waals surface area contributed by atoms with Gasteiger partial charge in [0.05, 0.1) is 0 Å². The van der Waals surface area contributed by atoms with E-state index in [0.717, 1.165) is 17.0 Å². The Bertz CT molecular complexity index is 698. The first-order chi connectivity index (χ1) is 11.7. The summed E-state index contributed by atoms with van der Waals surface area (Å²) in [5.41, 5.74) is 3.16. The van der Waals surface area contributed by atoms with Gasteiger partial charge in [-0.05, 0) is 67.3 Å². The number of hydrogen-bond acceptors (Lipinski definition) is 1. The van der Waals surface area contributed by atoms with E-state index in [2.05, 4.69) is 48.0 Å². The Morgan fingerprint density at radius 2 is 1.62 bits per heavy atom. The van der Waals surface area contributed by atoms with Crippen LogP contribution in [-0.2, 0) is 0 Å². The van der Waals surface area contributed by atoms with Crippen LogP contribution in [0.15, 0.2) is 42.6 Å². The van der Waals surface area contributed by atoms with Crippen molar-refractivity contribution >= 4 is 0 Å². The minimum Gasteiger partial charge on any atom is -0.227 e. The number of rotatable bonds is 3. The third-order valence-corrected chi connectivity index (χ3v) is 5.00. The molecule has 2 aromatic rings. The first-order valence-corrected chi connectivity index (χ1v) is 8.98. The molecule has 1 heterocycles. The fraction of sp³-hybridized carbons (Fsp3) is 0.409. The fourth-order valence-corrected chi connectivity index (χ4v) is 3.63. The maximum atomic E-state index is 12.8. The average Bonchev–Trinajstić information content (AvgIpc) is 2.63. The molecular weight excluding hydrogens is 297 g/mol. The fourth-order valence-electron chi connectivity index (χ4n) is 3.63. The molecule has 1 fully saturated rings. The van der Waals surface area contributed by atoms with Crippen LogP contribution in [0.3, 0.4) is 0 Å². The summed E-state index contributed by atoms with van der Waals surface area (Å²) in [5.74, 6) is 7.33. The lowest BCUT2D eigenvalue weighted by Gasteiger charge is -2.28. The third-order valence-electron chi connectivity index (χ3n) is 5.00. The van der Waals surface area contributed by atoms with Gasteiger partial charge in [-0.25, -0.2) is 4.98 Å². The predicted molar refractivity (Wildman–Crippen MR) is 96.2 cm³/mol. The maximum Gasteiger partial charge on any atom is 0.212 e. The number of aromatic nitrogens is 1. The molecule has 0 aliphatic heterocycles. The van der Waals surface area contributed by atoms with Crippen molar-refractivity contribution in [3.05, 3.63) is 65.2 Å². The molecule has 0 amide bonds. The average molecular weight is 321 g/mol. The quantitative estimate of drug-likeness (QED) is 0.522. The highest BCUT2D eigenvalue weighted by Crippen LogP contribution is 2.37. The normalized spacial score (nSPS) is 20.2. The Hall–Kier alpha value is -2.14. The van der Waals surface area contributed by atoms with E-state index in [9.17, 15) is 4.39 Å². The van der Waals surface area contributed by atoms with Crippen molar-refractivity contribution in [2.24, 2.45) is 5.92 Å². The van der Waals surface area contributed by atoms with Gasteiger partial charge in [0.2, 0.25) is 5.95 Å². The SMILES string of the molecule is CCCC1CCC(c2ccc(C#Cc3ccc(F)nc3)cc2)CC1. The smallest absolute Gasteiger partial charge is 0.212 e. The summed E-state index contributed by atoms with van der Waals surface area (Å²) in [5, 5.41) is 0. The summed E-state index contributed by atoms with van der Waals surface area (Å²) < 4.78 is 12.8. The minimum absolute atomic E-state index is 0.474. The second-order valence-electron chi connectivity index (χ2n) is 6.75. The molecule has 0 atom stereocenters. The molecule has 1 saturated carbocycles. The van der Waals surface area contributed by atoms with Crippen LogP contribution in [0.4, 0.5) is 4.39 Å². The van der Waals surface area contributed by atoms with E-state index < -0.39 is 5.95 Å². The van der Waals surface area contributed by atoms with Crippen LogP contribution in [-0.4, -0.2) is 4.98 Å². The van der Waals surface area contributed by atoms with Crippen LogP contribution >= 0.6 is 0 Å². The summed E-state index contributed by atoms with van der Waals surface area (Å²) in [4.78, 5) is 3.62. The monoisotopic (exact) mass is 321 g/mol. The molecule has 1 aliphatic rings. The Labute approximate surface area is 144 Å². The number of hydrogen-bond donors (Lipinski definition) is 0. The molecule has 1 aromatic carbocycles. The first kappa shape index (κ1) is 16.7. The second-order valence-corrected chi connectivity index (χ2v) is 6.75. The summed E-state index contributed by atoms with van der Waals surface area (Å²) in [6.07, 6.45) is 9.54. The van der Waals surface area contributed by atoms with Crippen molar-refractivity contribution in [1.82, 2.24) is 4.98 Å². The van der Waals surface area contributed by atoms with Crippen molar-refractivity contribution < 1.29 is 4.39 Å². The molecular formula is C22H24FN. The minimum atomic E-state index is -0.474. The first-order valence-electron chi connectivity index (χ1n) is 8.98. The molecule has 0 bridgehead atoms. The van der Waals surface area contributed by atoms with E-state index in [4.69, 9.17) is 0 Å². The molecule has 1 nitrogen and oxygen atoms in total. The van der Waals surface area contributed by atoms with Crippen molar-refractivity contribution in [3.8, 4) is 11.8 Å². The van der Waals surface area contributed by atoms with E-state index in [1.807, 2.05) is 0 Å². The molecule has 24 heavy (non-hydrogen) atoms. The van der Waals surface area contributed by atoms with Crippen molar-refractivity contribution in [2.75, 3.05) is 0 Å². The molecule has 0 spiro atoms. The highest BCUT2D eigenvalue weighted by Gasteiger charge is 2.21. The van der Waals surface area contributed by atoms with Gasteiger partial charge in [-0.15, -0.1) is 0 Å². The molecule has 2 heteroatoms. The number of halogens is 1. The molecule has 1 aliphatic carbocycles. The van der Waals surface area contributed by atoms with Crippen LogP contribution in [0.25, 0.3) is 0 Å². The van der Waals surface area contributed by atoms with Crippen LogP contribution in [0.5, 0.6) is 0 Å². The summed E-state index contributed by atoms with van der Waals surface area (Å²) in [6.45, 7) is 2.29. The highest BCUT2D eigenvalue weighted by atomic mass is 19.1. The summed E-state index contributed by atoms with van der Waals surface area (Å²) >= 11 is 0. The van der Waals surface area contributed by atoms with Crippen LogP contribution in [0, 0.1) is 23.7 Å². The van der Waals surface area contributed by atoms with E-state index in [1.54, 1.807) is 6.07 Å². The molecule has 0 N–H and O–H groups in total. The van der Waals surface area contributed by atoms with Crippen LogP contribution in [0.2, 0.25) is 0 Å². The molecule has 0 saturated heterocycles. The van der Waals surface area contributed by atoms with Crippen molar-refractivity contribution in [1.29, 1.82) is 0 Å². The number of pyridine rings is 1. The Morgan fingerprint density at radius 3 is 2.25 bits per heavy atom. The standard InChI is InChI=1S/C22H24FN/c1-2-3-17-6-11-20(12-7-17)21-13-8-18(9-14-21)4-5-19-10-15-22(23)24-16-19/h8-10,13-17,20H,2-3,6-7,11-12H2,1H3. The van der Waals surface area contributed by atoms with Gasteiger partial charge in [-0.3, -0.25) is 0 Å². The summed E-state index contributed by atoms with van der Waals surface area (Å²) in [6, 6.07) is 11.6. The summed E-state index contributed by atoms with van der Waals surface area (Å²) in [7, 11) is 0. The molecule has 0 unspecified atom stereocenters. The largest absolute Gasteiger partial charge is 0.227 e. The highest BCUT2D eigenvalue weighted by molar-refractivity contribution is 5.42. The third kappa shape index (κ3) is 4.45. The van der Waals surface area contributed by atoms with Crippen LogP contribution in [0.1, 0.15) is 68.1 Å². The van der Waals surface area contributed by atoms with Gasteiger partial charge >= 0.3 is 0 Å². The topological polar surface area (TPSA) is 12.9 Å². The van der Waals surface area contributed by atoms with Crippen molar-refractivity contribution in [2.45, 2.75) is 51.4 Å². The van der Waals surface area contributed by atoms with E-state index in [0.29, 0.717) is 5.92 Å². The molecule has 3 rings (SSSR count). The maximum absolute atomic E-state index is 12.8. The van der Waals surface area contributed by atoms with Gasteiger partial charge in [0.15, 0.2) is 0 Å². The van der Waals surface area contributed by atoms with Gasteiger partial charge in [-0.2, -0.15) is 4.39 Å². The second kappa shape index (κ2) is 8.11. The molecule has 0 radical (unpaired) electrons. The van der Waals surface area contributed by atoms with Gasteiger partial charge in [0.1, 0.15) is 0 Å². The lowest BCUT2D eigenvalue weighted by molar-refractivity contribution is 0.308. The van der Waals surface area contributed by atoms with Gasteiger partial charge in [0.25, 0.3) is 0 Å². The Balaban J connectivity index is 1.61. The van der Waals surface area contributed by atoms with Gasteiger partial charge in [0, 0.05) is 17.3 Å². The zero-order valence-corrected chi connectivity index (χ0v) is 14.3. The zero-order chi connectivity index (χ0) is 16.8. The Morgan fingerprint density at radius 1 is 0.958 bits per heavy atom. The lowest BCUT2D eigenvalue weighted by atomic mass is 9.77. The van der Waals surface area contributed by atoms with E-state index >= 15 is 0 Å². The number of nitrogens with zero attached hydrogens (tertiary/aromatic N) is 1. The van der Waals surface area contributed by atoms with Gasteiger partial charge in [-0.1, -0.05) is 43.7 Å². The van der Waals surface area contributed by atoms with E-state index in [1.165, 1.54) is 56.4 Å². The number of benzene rings is 1. The van der Waals surface area contributed by atoms with Gasteiger partial charge < -0.3 is 0 Å².